The van der Waals surface area contributed by atoms with Crippen LogP contribution in [-0.4, -0.2) is 35.5 Å². The van der Waals surface area contributed by atoms with Gasteiger partial charge in [-0.15, -0.1) is 22.7 Å². The lowest BCUT2D eigenvalue weighted by Gasteiger charge is -2.07. The van der Waals surface area contributed by atoms with Crippen LogP contribution in [0.15, 0.2) is 34.4 Å². The van der Waals surface area contributed by atoms with Crippen molar-refractivity contribution in [3.05, 3.63) is 45.7 Å². The third-order valence-electron chi connectivity index (χ3n) is 3.65. The van der Waals surface area contributed by atoms with Crippen LogP contribution in [0.3, 0.4) is 0 Å². The van der Waals surface area contributed by atoms with Crippen molar-refractivity contribution in [2.45, 2.75) is 20.4 Å². The molecule has 0 unspecified atom stereocenters. The Balaban J connectivity index is 1.85. The van der Waals surface area contributed by atoms with Crippen LogP contribution in [0.4, 0.5) is 0 Å². The Kier molecular flexibility index (Phi) is 5.66. The molecule has 0 saturated carbocycles. The summed E-state index contributed by atoms with van der Waals surface area (Å²) in [5.41, 5.74) is 1.23. The van der Waals surface area contributed by atoms with E-state index in [1.165, 1.54) is 22.1 Å². The number of nitrogens with one attached hydrogen (secondary N) is 1. The number of thiophene rings is 1. The number of hydrogen-bond acceptors (Lipinski definition) is 7. The van der Waals surface area contributed by atoms with Gasteiger partial charge in [0.2, 0.25) is 10.0 Å². The fourth-order valence-corrected chi connectivity index (χ4v) is 4.71. The van der Waals surface area contributed by atoms with Crippen LogP contribution >= 0.6 is 22.7 Å². The van der Waals surface area contributed by atoms with Crippen molar-refractivity contribution in [1.29, 1.82) is 0 Å². The molecule has 0 bridgehead atoms. The maximum Gasteiger partial charge on any atom is 0.266 e. The Morgan fingerprint density at radius 1 is 1.27 bits per heavy atom. The highest BCUT2D eigenvalue weighted by molar-refractivity contribution is 7.89. The fourth-order valence-electron chi connectivity index (χ4n) is 2.28. The van der Waals surface area contributed by atoms with E-state index in [0.717, 1.165) is 20.5 Å². The summed E-state index contributed by atoms with van der Waals surface area (Å²) in [4.78, 5) is 18.6. The molecule has 0 aliphatic heterocycles. The third kappa shape index (κ3) is 4.26. The van der Waals surface area contributed by atoms with E-state index in [4.69, 9.17) is 0 Å². The van der Waals surface area contributed by atoms with Crippen molar-refractivity contribution in [2.75, 3.05) is 12.3 Å². The van der Waals surface area contributed by atoms with Gasteiger partial charge in [0.25, 0.3) is 5.56 Å². The van der Waals surface area contributed by atoms with Gasteiger partial charge in [-0.3, -0.25) is 4.79 Å². The Labute approximate surface area is 159 Å². The molecule has 0 radical (unpaired) electrons. The van der Waals surface area contributed by atoms with Gasteiger partial charge in [0.05, 0.1) is 27.7 Å². The average molecular weight is 411 g/mol. The molecule has 0 aliphatic rings. The van der Waals surface area contributed by atoms with Gasteiger partial charge in [-0.25, -0.2) is 22.8 Å². The van der Waals surface area contributed by atoms with Gasteiger partial charge in [0.15, 0.2) is 0 Å². The first-order valence-electron chi connectivity index (χ1n) is 7.97. The molecule has 26 heavy (non-hydrogen) atoms. The highest BCUT2D eigenvalue weighted by Crippen LogP contribution is 2.35. The largest absolute Gasteiger partial charge is 0.268 e. The average Bonchev–Trinajstić information content (AvgIpc) is 3.26. The first-order chi connectivity index (χ1) is 12.4. The first kappa shape index (κ1) is 18.9. The van der Waals surface area contributed by atoms with Crippen molar-refractivity contribution >= 4 is 32.7 Å². The lowest BCUT2D eigenvalue weighted by atomic mass is 10.3. The second-order valence-electron chi connectivity index (χ2n) is 5.49. The Bertz CT molecular complexity index is 1050. The molecule has 0 spiro atoms. The van der Waals surface area contributed by atoms with Gasteiger partial charge in [-0.2, -0.15) is 5.10 Å². The SMILES string of the molecule is CCS(=O)(=O)NCCn1nc(-c2sc(-c3cccs3)nc2C)ccc1=O. The van der Waals surface area contributed by atoms with Gasteiger partial charge in [-0.1, -0.05) is 6.07 Å². The summed E-state index contributed by atoms with van der Waals surface area (Å²) in [6.07, 6.45) is 0. The number of rotatable bonds is 7. The predicted molar refractivity (Wildman–Crippen MR) is 105 cm³/mol. The molecule has 10 heteroatoms. The van der Waals surface area contributed by atoms with Gasteiger partial charge >= 0.3 is 0 Å². The number of nitrogens with zero attached hydrogens (tertiary/aromatic N) is 3. The Hall–Kier alpha value is -1.88. The monoisotopic (exact) mass is 410 g/mol. The summed E-state index contributed by atoms with van der Waals surface area (Å²) in [5.74, 6) is 0.000916. The minimum Gasteiger partial charge on any atom is -0.268 e. The zero-order valence-electron chi connectivity index (χ0n) is 14.3. The summed E-state index contributed by atoms with van der Waals surface area (Å²) in [7, 11) is -3.29. The van der Waals surface area contributed by atoms with E-state index in [-0.39, 0.29) is 24.4 Å². The standard InChI is InChI=1S/C16H18N4O3S3/c1-3-26(22,23)17-8-9-20-14(21)7-6-12(19-20)15-11(2)18-16(25-15)13-5-4-10-24-13/h4-7,10,17H,3,8-9H2,1-2H3. The topological polar surface area (TPSA) is 93.9 Å². The molecule has 3 aromatic rings. The molecule has 3 rings (SSSR count). The quantitative estimate of drug-likeness (QED) is 0.645. The molecular weight excluding hydrogens is 392 g/mol. The Morgan fingerprint density at radius 3 is 2.77 bits per heavy atom. The maximum atomic E-state index is 12.0. The molecule has 1 N–H and O–H groups in total. The molecule has 7 nitrogen and oxygen atoms in total. The van der Waals surface area contributed by atoms with Crippen LogP contribution in [0.25, 0.3) is 20.5 Å². The molecule has 0 aliphatic carbocycles. The molecule has 0 amide bonds. The molecule has 3 aromatic heterocycles. The molecular formula is C16H18N4O3S3. The number of thiazole rings is 1. The smallest absolute Gasteiger partial charge is 0.266 e. The van der Waals surface area contributed by atoms with E-state index in [0.29, 0.717) is 5.69 Å². The van der Waals surface area contributed by atoms with Crippen molar-refractivity contribution < 1.29 is 8.42 Å². The number of sulfonamides is 1. The number of aryl methyl sites for hydroxylation is 1. The summed E-state index contributed by atoms with van der Waals surface area (Å²) in [6.45, 7) is 3.76. The molecule has 3 heterocycles. The lowest BCUT2D eigenvalue weighted by molar-refractivity contribution is 0.549. The van der Waals surface area contributed by atoms with Crippen LogP contribution in [0.1, 0.15) is 12.6 Å². The molecule has 0 saturated heterocycles. The van der Waals surface area contributed by atoms with E-state index < -0.39 is 10.0 Å². The third-order valence-corrected chi connectivity index (χ3v) is 7.28. The van der Waals surface area contributed by atoms with E-state index in [1.807, 2.05) is 24.4 Å². The normalized spacial score (nSPS) is 11.8. The highest BCUT2D eigenvalue weighted by atomic mass is 32.2. The van der Waals surface area contributed by atoms with Crippen molar-refractivity contribution in [3.63, 3.8) is 0 Å². The molecule has 0 aromatic carbocycles. The number of aromatic nitrogens is 3. The summed E-state index contributed by atoms with van der Waals surface area (Å²) >= 11 is 3.15. The van der Waals surface area contributed by atoms with Crippen LogP contribution < -0.4 is 10.3 Å². The zero-order valence-corrected chi connectivity index (χ0v) is 16.7. The van der Waals surface area contributed by atoms with E-state index in [2.05, 4.69) is 14.8 Å². The number of hydrogen-bond donors (Lipinski definition) is 1. The minimum absolute atomic E-state index is 0.000916. The second kappa shape index (κ2) is 7.78. The van der Waals surface area contributed by atoms with Crippen LogP contribution in [-0.2, 0) is 16.6 Å². The Morgan fingerprint density at radius 2 is 2.08 bits per heavy atom. The van der Waals surface area contributed by atoms with Gasteiger partial charge in [0, 0.05) is 12.6 Å². The fraction of sp³-hybridized carbons (Fsp3) is 0.312. The van der Waals surface area contributed by atoms with Gasteiger partial charge < -0.3 is 0 Å². The summed E-state index contributed by atoms with van der Waals surface area (Å²) < 4.78 is 26.7. The predicted octanol–water partition coefficient (Wildman–Crippen LogP) is 2.34. The van der Waals surface area contributed by atoms with E-state index in [1.54, 1.807) is 24.3 Å². The van der Waals surface area contributed by atoms with Crippen LogP contribution in [0.5, 0.6) is 0 Å². The van der Waals surface area contributed by atoms with Crippen molar-refractivity contribution in [2.24, 2.45) is 0 Å². The van der Waals surface area contributed by atoms with Crippen molar-refractivity contribution in [3.8, 4) is 20.5 Å². The molecule has 0 fully saturated rings. The first-order valence-corrected chi connectivity index (χ1v) is 11.3. The zero-order chi connectivity index (χ0) is 18.7. The summed E-state index contributed by atoms with van der Waals surface area (Å²) in [5, 5.41) is 7.31. The molecule has 138 valence electrons. The van der Waals surface area contributed by atoms with Crippen LogP contribution in [0, 0.1) is 6.92 Å². The maximum absolute atomic E-state index is 12.0. The molecule has 0 atom stereocenters. The van der Waals surface area contributed by atoms with E-state index in [9.17, 15) is 13.2 Å². The van der Waals surface area contributed by atoms with Gasteiger partial charge in [0.1, 0.15) is 10.7 Å². The van der Waals surface area contributed by atoms with Gasteiger partial charge in [-0.05, 0) is 31.4 Å². The van der Waals surface area contributed by atoms with Crippen molar-refractivity contribution in [1.82, 2.24) is 19.5 Å². The minimum atomic E-state index is -3.29. The second-order valence-corrected chi connectivity index (χ2v) is 9.53. The van der Waals surface area contributed by atoms with Crippen LogP contribution in [0.2, 0.25) is 0 Å². The van der Waals surface area contributed by atoms with E-state index >= 15 is 0 Å². The lowest BCUT2D eigenvalue weighted by Crippen LogP contribution is -2.32. The highest BCUT2D eigenvalue weighted by Gasteiger charge is 2.14. The summed E-state index contributed by atoms with van der Waals surface area (Å²) in [6, 6.07) is 7.11.